The van der Waals surface area contributed by atoms with Crippen LogP contribution in [0.1, 0.15) is 18.7 Å². The Labute approximate surface area is 154 Å². The summed E-state index contributed by atoms with van der Waals surface area (Å²) in [5.74, 6) is 1.24. The summed E-state index contributed by atoms with van der Waals surface area (Å²) in [4.78, 5) is 26.7. The Bertz CT molecular complexity index is 1070. The minimum absolute atomic E-state index is 0.257. The van der Waals surface area contributed by atoms with Crippen LogP contribution in [0, 0.1) is 11.6 Å². The van der Waals surface area contributed by atoms with Gasteiger partial charge in [-0.1, -0.05) is 23.8 Å². The average Bonchev–Trinajstić information content (AvgIpc) is 3.10. The Kier molecular flexibility index (Phi) is 4.05. The van der Waals surface area contributed by atoms with Gasteiger partial charge in [0.1, 0.15) is 15.9 Å². The smallest absolute Gasteiger partial charge is 0.264 e. The molecule has 1 aromatic carbocycles. The Morgan fingerprint density at radius 2 is 1.84 bits per heavy atom. The molecule has 1 fully saturated rings. The first-order valence-corrected chi connectivity index (χ1v) is 8.88. The van der Waals surface area contributed by atoms with E-state index in [4.69, 9.17) is 23.8 Å². The Hall–Kier alpha value is -2.25. The Morgan fingerprint density at radius 3 is 2.52 bits per heavy atom. The molecule has 0 amide bonds. The summed E-state index contributed by atoms with van der Waals surface area (Å²) < 4.78 is 2.16. The van der Waals surface area contributed by atoms with Gasteiger partial charge in [0.2, 0.25) is 5.95 Å². The number of hydrogen-bond donors (Lipinski definition) is 1. The number of fused-ring (bicyclic) bond motifs is 1. The second-order valence-corrected chi connectivity index (χ2v) is 6.88. The number of aryl methyl sites for hydroxylation is 1. The number of benzene rings is 1. The van der Waals surface area contributed by atoms with Gasteiger partial charge >= 0.3 is 0 Å². The topological polar surface area (TPSA) is 66.8 Å². The van der Waals surface area contributed by atoms with Crippen molar-refractivity contribution in [3.63, 3.8) is 0 Å². The minimum Gasteiger partial charge on any atom is -0.342 e. The van der Waals surface area contributed by atoms with Crippen LogP contribution in [0.4, 0.5) is 5.95 Å². The quantitative estimate of drug-likeness (QED) is 0.697. The highest BCUT2D eigenvalue weighted by molar-refractivity contribution is 7.71. The zero-order valence-electron chi connectivity index (χ0n) is 13.6. The summed E-state index contributed by atoms with van der Waals surface area (Å²) in [6.07, 6.45) is 2.21. The highest BCUT2D eigenvalue weighted by Crippen LogP contribution is 2.20. The van der Waals surface area contributed by atoms with Gasteiger partial charge < -0.3 is 4.90 Å². The third-order valence-electron chi connectivity index (χ3n) is 4.39. The van der Waals surface area contributed by atoms with Gasteiger partial charge in [-0.05, 0) is 44.0 Å². The lowest BCUT2D eigenvalue weighted by Crippen LogP contribution is -2.25. The molecule has 1 N–H and O–H groups in total. The van der Waals surface area contributed by atoms with Gasteiger partial charge in [0.25, 0.3) is 5.56 Å². The molecule has 8 heteroatoms. The van der Waals surface area contributed by atoms with Gasteiger partial charge in [0, 0.05) is 23.8 Å². The summed E-state index contributed by atoms with van der Waals surface area (Å²) in [6.45, 7) is 3.64. The van der Waals surface area contributed by atoms with E-state index >= 15 is 0 Å². The third-order valence-corrected chi connectivity index (χ3v) is 5.03. The molecule has 4 rings (SSSR count). The summed E-state index contributed by atoms with van der Waals surface area (Å²) in [7, 11) is 0. The first-order chi connectivity index (χ1) is 12.0. The van der Waals surface area contributed by atoms with Crippen molar-refractivity contribution < 1.29 is 0 Å². The van der Waals surface area contributed by atoms with E-state index in [2.05, 4.69) is 19.9 Å². The summed E-state index contributed by atoms with van der Waals surface area (Å²) in [5, 5.41) is 0.968. The van der Waals surface area contributed by atoms with E-state index in [0.29, 0.717) is 32.5 Å². The van der Waals surface area contributed by atoms with Gasteiger partial charge in [0.15, 0.2) is 5.65 Å². The van der Waals surface area contributed by atoms with Gasteiger partial charge in [0.05, 0.1) is 0 Å². The Morgan fingerprint density at radius 1 is 1.16 bits per heavy atom. The van der Waals surface area contributed by atoms with Crippen LogP contribution in [0.25, 0.3) is 16.7 Å². The molecule has 1 saturated heterocycles. The van der Waals surface area contributed by atoms with Crippen molar-refractivity contribution >= 4 is 40.8 Å². The molecule has 0 radical (unpaired) electrons. The van der Waals surface area contributed by atoms with Crippen molar-refractivity contribution in [1.29, 1.82) is 0 Å². The lowest BCUT2D eigenvalue weighted by molar-refractivity contribution is 0.875. The monoisotopic (exact) mass is 373 g/mol. The summed E-state index contributed by atoms with van der Waals surface area (Å²) in [5.41, 5.74) is 0.940. The molecule has 0 atom stereocenters. The normalized spacial score (nSPS) is 14.4. The van der Waals surface area contributed by atoms with Crippen LogP contribution >= 0.6 is 23.8 Å². The number of aromatic nitrogens is 4. The number of H-pyrrole nitrogens is 1. The number of halogens is 1. The van der Waals surface area contributed by atoms with Gasteiger partial charge in [-0.3, -0.25) is 14.3 Å². The predicted octanol–water partition coefficient (Wildman–Crippen LogP) is 3.40. The molecular weight excluding hydrogens is 358 g/mol. The largest absolute Gasteiger partial charge is 0.342 e. The second kappa shape index (κ2) is 6.24. The van der Waals surface area contributed by atoms with Crippen molar-refractivity contribution in [3.8, 4) is 5.69 Å². The lowest BCUT2D eigenvalue weighted by Gasteiger charge is -2.17. The molecule has 0 spiro atoms. The standard InChI is InChI=1S/C17H16ClN5OS/c1-10-19-14-13(15(24)21-17(20-14)22-8-2-3-9-22)16(25)23(10)12-6-4-11(18)5-7-12/h4-7H,2-3,8-9H2,1H3,(H,20,21,24). The first kappa shape index (κ1) is 16.2. The number of hydrogen-bond acceptors (Lipinski definition) is 5. The van der Waals surface area contributed by atoms with Gasteiger partial charge in [-0.2, -0.15) is 4.98 Å². The average molecular weight is 374 g/mol. The van der Waals surface area contributed by atoms with Crippen LogP contribution in [-0.2, 0) is 0 Å². The fourth-order valence-electron chi connectivity index (χ4n) is 3.16. The molecule has 6 nitrogen and oxygen atoms in total. The maximum atomic E-state index is 12.7. The van der Waals surface area contributed by atoms with E-state index in [1.807, 2.05) is 19.1 Å². The van der Waals surface area contributed by atoms with E-state index in [1.54, 1.807) is 16.7 Å². The van der Waals surface area contributed by atoms with Crippen LogP contribution in [0.3, 0.4) is 0 Å². The molecule has 3 aromatic rings. The zero-order chi connectivity index (χ0) is 17.6. The van der Waals surface area contributed by atoms with Crippen molar-refractivity contribution in [2.24, 2.45) is 0 Å². The van der Waals surface area contributed by atoms with Crippen molar-refractivity contribution in [1.82, 2.24) is 19.5 Å². The van der Waals surface area contributed by atoms with E-state index in [1.165, 1.54) is 0 Å². The maximum Gasteiger partial charge on any atom is 0.264 e. The molecule has 0 unspecified atom stereocenters. The molecule has 25 heavy (non-hydrogen) atoms. The van der Waals surface area contributed by atoms with Crippen LogP contribution < -0.4 is 10.5 Å². The van der Waals surface area contributed by atoms with Crippen molar-refractivity contribution in [2.75, 3.05) is 18.0 Å². The SMILES string of the molecule is Cc1nc2nc(N3CCCC3)[nH]c(=O)c2c(=S)n1-c1ccc(Cl)cc1. The van der Waals surface area contributed by atoms with Crippen LogP contribution in [0.2, 0.25) is 5.02 Å². The highest BCUT2D eigenvalue weighted by Gasteiger charge is 2.18. The fraction of sp³-hybridized carbons (Fsp3) is 0.294. The molecule has 0 aliphatic carbocycles. The predicted molar refractivity (Wildman–Crippen MR) is 102 cm³/mol. The maximum absolute atomic E-state index is 12.7. The first-order valence-electron chi connectivity index (χ1n) is 8.09. The number of rotatable bonds is 2. The molecule has 1 aliphatic rings. The van der Waals surface area contributed by atoms with Crippen LogP contribution in [-0.4, -0.2) is 32.6 Å². The Balaban J connectivity index is 1.95. The highest BCUT2D eigenvalue weighted by atomic mass is 35.5. The van der Waals surface area contributed by atoms with E-state index in [0.717, 1.165) is 31.6 Å². The molecule has 128 valence electrons. The number of anilines is 1. The van der Waals surface area contributed by atoms with Gasteiger partial charge in [-0.25, -0.2) is 4.98 Å². The fourth-order valence-corrected chi connectivity index (χ4v) is 3.71. The van der Waals surface area contributed by atoms with Crippen LogP contribution in [0.15, 0.2) is 29.1 Å². The van der Waals surface area contributed by atoms with Gasteiger partial charge in [-0.15, -0.1) is 0 Å². The van der Waals surface area contributed by atoms with E-state index in [9.17, 15) is 4.79 Å². The van der Waals surface area contributed by atoms with Crippen molar-refractivity contribution in [2.45, 2.75) is 19.8 Å². The molecule has 3 heterocycles. The zero-order valence-corrected chi connectivity index (χ0v) is 15.2. The molecule has 0 saturated carbocycles. The molecular formula is C17H16ClN5OS. The van der Waals surface area contributed by atoms with Crippen LogP contribution in [0.5, 0.6) is 0 Å². The van der Waals surface area contributed by atoms with Crippen molar-refractivity contribution in [3.05, 3.63) is 50.1 Å². The van der Waals surface area contributed by atoms with E-state index < -0.39 is 0 Å². The number of nitrogens with zero attached hydrogens (tertiary/aromatic N) is 4. The second-order valence-electron chi connectivity index (χ2n) is 6.06. The number of nitrogens with one attached hydrogen (secondary N) is 1. The minimum atomic E-state index is -0.257. The molecule has 1 aliphatic heterocycles. The third kappa shape index (κ3) is 2.83. The summed E-state index contributed by atoms with van der Waals surface area (Å²) >= 11 is 11.5. The lowest BCUT2D eigenvalue weighted by atomic mass is 10.3. The molecule has 0 bridgehead atoms. The molecule has 2 aromatic heterocycles. The summed E-state index contributed by atoms with van der Waals surface area (Å²) in [6, 6.07) is 7.25. The van der Waals surface area contributed by atoms with E-state index in [-0.39, 0.29) is 5.56 Å². The number of aromatic amines is 1.